The van der Waals surface area contributed by atoms with Crippen LogP contribution in [0.4, 0.5) is 0 Å². The Morgan fingerprint density at radius 3 is 2.11 bits per heavy atom. The Bertz CT molecular complexity index is 2170. The van der Waals surface area contributed by atoms with Crippen molar-refractivity contribution >= 4 is 75.3 Å². The van der Waals surface area contributed by atoms with Gasteiger partial charge in [-0.2, -0.15) is 10.5 Å². The lowest BCUT2D eigenvalue weighted by atomic mass is 9.68. The molecule has 4 nitrogen and oxygen atoms in total. The van der Waals surface area contributed by atoms with Gasteiger partial charge in [-0.05, 0) is 91.4 Å². The molecule has 4 aromatic heterocycles. The zero-order valence-electron chi connectivity index (χ0n) is 24.0. The summed E-state index contributed by atoms with van der Waals surface area (Å²) in [6.07, 6.45) is 16.0. The number of fused-ring (bicyclic) bond motifs is 9. The van der Waals surface area contributed by atoms with E-state index in [9.17, 15) is 15.8 Å². The van der Waals surface area contributed by atoms with Crippen LogP contribution in [0, 0.1) is 40.6 Å². The lowest BCUT2D eigenvalue weighted by Crippen LogP contribution is -2.27. The van der Waals surface area contributed by atoms with Gasteiger partial charge in [0.1, 0.15) is 17.7 Å². The highest BCUT2D eigenvalue weighted by atomic mass is 32.1. The minimum absolute atomic E-state index is 0.0864. The summed E-state index contributed by atoms with van der Waals surface area (Å²) in [4.78, 5) is 8.97. The van der Waals surface area contributed by atoms with Crippen LogP contribution in [0.15, 0.2) is 46.7 Å². The Morgan fingerprint density at radius 1 is 0.705 bits per heavy atom. The van der Waals surface area contributed by atoms with Crippen LogP contribution < -0.4 is 0 Å². The molecule has 0 amide bonds. The molecule has 0 unspecified atom stereocenters. The van der Waals surface area contributed by atoms with Crippen LogP contribution in [-0.4, -0.2) is 0 Å². The summed E-state index contributed by atoms with van der Waals surface area (Å²) in [5.41, 5.74) is 7.99. The Labute approximate surface area is 272 Å². The number of nitrogens with zero attached hydrogens (tertiary/aromatic N) is 4. The highest BCUT2D eigenvalue weighted by molar-refractivity contribution is 7.40. The first kappa shape index (κ1) is 27.8. The molecule has 4 heterocycles. The van der Waals surface area contributed by atoms with Gasteiger partial charge in [-0.15, -0.1) is 45.3 Å². The zero-order chi connectivity index (χ0) is 30.0. The Hall–Kier alpha value is -3.76. The van der Waals surface area contributed by atoms with E-state index >= 15 is 0 Å². The van der Waals surface area contributed by atoms with E-state index in [1.165, 1.54) is 87.1 Å². The fourth-order valence-corrected chi connectivity index (χ4v) is 13.7. The topological polar surface area (TPSA) is 75.7 Å². The maximum absolute atomic E-state index is 9.48. The van der Waals surface area contributed by atoms with Crippen molar-refractivity contribution in [2.45, 2.75) is 76.0 Å². The van der Waals surface area contributed by atoms with Gasteiger partial charge in [0.15, 0.2) is 0 Å². The van der Waals surface area contributed by atoms with Crippen molar-refractivity contribution in [3.8, 4) is 28.0 Å². The predicted octanol–water partition coefficient (Wildman–Crippen LogP) is 11.6. The number of nitriles is 3. The van der Waals surface area contributed by atoms with Crippen LogP contribution in [0.25, 0.3) is 44.5 Å². The molecule has 4 aliphatic carbocycles. The molecule has 44 heavy (non-hydrogen) atoms. The first-order valence-electron chi connectivity index (χ1n) is 15.2. The largest absolute Gasteiger partial charge is 0.265 e. The van der Waals surface area contributed by atoms with E-state index in [4.69, 9.17) is 6.57 Å². The van der Waals surface area contributed by atoms with Crippen LogP contribution in [-0.2, 0) is 5.41 Å². The first-order valence-corrected chi connectivity index (χ1v) is 18.4. The van der Waals surface area contributed by atoms with E-state index in [0.29, 0.717) is 0 Å². The Morgan fingerprint density at radius 2 is 1.41 bits per heavy atom. The number of rotatable bonds is 2. The van der Waals surface area contributed by atoms with Gasteiger partial charge in [-0.1, -0.05) is 31.4 Å². The van der Waals surface area contributed by atoms with Gasteiger partial charge in [-0.3, -0.25) is 0 Å². The van der Waals surface area contributed by atoms with Crippen molar-refractivity contribution in [1.82, 2.24) is 0 Å². The summed E-state index contributed by atoms with van der Waals surface area (Å²) in [6, 6.07) is 11.1. The summed E-state index contributed by atoms with van der Waals surface area (Å²) >= 11 is 7.75. The molecule has 0 N–H and O–H groups in total. The normalized spacial score (nSPS) is 19.9. The third-order valence-electron chi connectivity index (χ3n) is 9.80. The van der Waals surface area contributed by atoms with Gasteiger partial charge in [0, 0.05) is 30.3 Å². The molecule has 8 rings (SSSR count). The second-order valence-corrected chi connectivity index (χ2v) is 16.3. The molecule has 1 spiro atoms. The molecule has 214 valence electrons. The lowest BCUT2D eigenvalue weighted by molar-refractivity contribution is 0.356. The fourth-order valence-electron chi connectivity index (χ4n) is 7.77. The van der Waals surface area contributed by atoms with Crippen molar-refractivity contribution in [3.05, 3.63) is 79.0 Å². The molecule has 1 fully saturated rings. The Balaban J connectivity index is 1.26. The standard InChI is InChI=1S/C36H26N4S4/c1-40-26(19-39)21-8-6-10-23(14-21)28-16-29-32(42-28)35-34(43-29)30-33(44-35)31-25(36(30)11-3-2-4-12-36)15-27(41-31)22-9-5-7-20(13-22)24(17-37)18-38/h13-16H,2-12H2/b26-21-. The maximum atomic E-state index is 9.48. The molecular formula is C36H26N4S4. The number of hydrogen-bond acceptors (Lipinski definition) is 7. The molecule has 1 saturated carbocycles. The Kier molecular flexibility index (Phi) is 6.75. The van der Waals surface area contributed by atoms with Gasteiger partial charge in [-0.25, -0.2) is 10.1 Å². The average Bonchev–Trinajstić information content (AvgIpc) is 3.85. The summed E-state index contributed by atoms with van der Waals surface area (Å²) in [5.74, 6) is 0. The van der Waals surface area contributed by atoms with Gasteiger partial charge in [0.25, 0.3) is 5.70 Å². The third kappa shape index (κ3) is 4.06. The van der Waals surface area contributed by atoms with Crippen LogP contribution in [0.3, 0.4) is 0 Å². The minimum Gasteiger partial charge on any atom is -0.226 e. The van der Waals surface area contributed by atoms with Crippen molar-refractivity contribution in [1.29, 1.82) is 15.8 Å². The summed E-state index contributed by atoms with van der Waals surface area (Å²) in [6.45, 7) is 7.40. The third-order valence-corrected chi connectivity index (χ3v) is 15.2. The second-order valence-electron chi connectivity index (χ2n) is 12.1. The SMILES string of the molecule is [C-]#[N+]/C(C#N)=C1\C=C(c2cc3sc4c5c(sc4c3s2)-c2sc(C3=CC(=C(C#N)C#N)CCC3)cc2C52CCCCC2)CCC1. The van der Waals surface area contributed by atoms with Crippen molar-refractivity contribution < 1.29 is 0 Å². The van der Waals surface area contributed by atoms with Gasteiger partial charge in [0.2, 0.25) is 0 Å². The van der Waals surface area contributed by atoms with Gasteiger partial charge >= 0.3 is 0 Å². The molecule has 8 heteroatoms. The molecule has 0 aromatic carbocycles. The second kappa shape index (κ2) is 10.7. The molecule has 0 saturated heterocycles. The van der Waals surface area contributed by atoms with E-state index in [-0.39, 0.29) is 16.7 Å². The minimum atomic E-state index is 0.0864. The smallest absolute Gasteiger partial charge is 0.226 e. The number of allylic oxidation sites excluding steroid dienone is 8. The highest BCUT2D eigenvalue weighted by Gasteiger charge is 2.48. The van der Waals surface area contributed by atoms with E-state index in [2.05, 4.69) is 47.3 Å². The zero-order valence-corrected chi connectivity index (χ0v) is 27.3. The molecule has 4 aromatic rings. The van der Waals surface area contributed by atoms with Crippen molar-refractivity contribution in [2.24, 2.45) is 0 Å². The molecule has 0 bridgehead atoms. The van der Waals surface area contributed by atoms with Crippen LogP contribution in [0.2, 0.25) is 0 Å². The average molecular weight is 643 g/mol. The van der Waals surface area contributed by atoms with Gasteiger partial charge in [0.05, 0.1) is 31.6 Å². The first-order chi connectivity index (χ1) is 21.6. The van der Waals surface area contributed by atoms with E-state index in [1.807, 2.05) is 45.3 Å². The number of thiophene rings is 4. The fraction of sp³-hybridized carbons (Fsp3) is 0.333. The summed E-state index contributed by atoms with van der Waals surface area (Å²) < 4.78 is 5.66. The summed E-state index contributed by atoms with van der Waals surface area (Å²) in [7, 11) is 0. The van der Waals surface area contributed by atoms with Gasteiger partial charge < -0.3 is 0 Å². The van der Waals surface area contributed by atoms with Crippen molar-refractivity contribution in [2.75, 3.05) is 0 Å². The predicted molar refractivity (Wildman–Crippen MR) is 183 cm³/mol. The van der Waals surface area contributed by atoms with E-state index in [1.54, 1.807) is 5.56 Å². The van der Waals surface area contributed by atoms with Crippen LogP contribution in [0.5, 0.6) is 0 Å². The molecule has 0 atom stereocenters. The van der Waals surface area contributed by atoms with Crippen molar-refractivity contribution in [3.63, 3.8) is 0 Å². The number of hydrogen-bond donors (Lipinski definition) is 0. The van der Waals surface area contributed by atoms with Crippen LogP contribution in [0.1, 0.15) is 91.5 Å². The monoisotopic (exact) mass is 642 g/mol. The molecule has 0 radical (unpaired) electrons. The van der Waals surface area contributed by atoms with Crippen LogP contribution >= 0.6 is 45.3 Å². The van der Waals surface area contributed by atoms with E-state index < -0.39 is 0 Å². The van der Waals surface area contributed by atoms with E-state index in [0.717, 1.165) is 49.7 Å². The molecule has 0 aliphatic heterocycles. The lowest BCUT2D eigenvalue weighted by Gasteiger charge is -2.35. The highest BCUT2D eigenvalue weighted by Crippen LogP contribution is 2.65. The maximum Gasteiger partial charge on any atom is 0.265 e. The summed E-state index contributed by atoms with van der Waals surface area (Å²) in [5, 5.41) is 28.4. The molecular weight excluding hydrogens is 617 g/mol. The molecule has 4 aliphatic rings. The quantitative estimate of drug-likeness (QED) is 0.161.